The molecule has 0 saturated carbocycles. The quantitative estimate of drug-likeness (QED) is 0.880. The number of piperidine rings is 1. The van der Waals surface area contributed by atoms with Gasteiger partial charge in [0.1, 0.15) is 5.82 Å². The van der Waals surface area contributed by atoms with Crippen LogP contribution >= 0.6 is 0 Å². The average Bonchev–Trinajstić information content (AvgIpc) is 2.49. The lowest BCUT2D eigenvalue weighted by molar-refractivity contribution is -0.0376. The van der Waals surface area contributed by atoms with Gasteiger partial charge in [0.25, 0.3) is 0 Å². The van der Waals surface area contributed by atoms with E-state index in [2.05, 4.69) is 16.3 Å². The summed E-state index contributed by atoms with van der Waals surface area (Å²) in [4.78, 5) is 2.49. The van der Waals surface area contributed by atoms with Crippen molar-refractivity contribution in [3.8, 4) is 0 Å². The van der Waals surface area contributed by atoms with Gasteiger partial charge in [-0.2, -0.15) is 0 Å². The Kier molecular flexibility index (Phi) is 3.82. The molecule has 1 aromatic carbocycles. The lowest BCUT2D eigenvalue weighted by atomic mass is 9.79. The van der Waals surface area contributed by atoms with Crippen LogP contribution in [0.2, 0.25) is 0 Å². The number of benzene rings is 1. The zero-order valence-corrected chi connectivity index (χ0v) is 11.2. The molecule has 0 bridgehead atoms. The van der Waals surface area contributed by atoms with Gasteiger partial charge in [-0.25, -0.2) is 4.39 Å². The summed E-state index contributed by atoms with van der Waals surface area (Å²) < 4.78 is 19.1. The fourth-order valence-electron chi connectivity index (χ4n) is 3.40. The molecule has 19 heavy (non-hydrogen) atoms. The second kappa shape index (κ2) is 5.57. The highest BCUT2D eigenvalue weighted by Gasteiger charge is 2.40. The van der Waals surface area contributed by atoms with Crippen molar-refractivity contribution < 1.29 is 9.13 Å². The largest absolute Gasteiger partial charge is 0.379 e. The van der Waals surface area contributed by atoms with Crippen molar-refractivity contribution >= 4 is 0 Å². The van der Waals surface area contributed by atoms with E-state index in [0.717, 1.165) is 57.8 Å². The van der Waals surface area contributed by atoms with Gasteiger partial charge in [-0.1, -0.05) is 12.1 Å². The van der Waals surface area contributed by atoms with Crippen molar-refractivity contribution in [3.05, 3.63) is 35.6 Å². The van der Waals surface area contributed by atoms with E-state index in [9.17, 15) is 4.39 Å². The van der Waals surface area contributed by atoms with E-state index in [4.69, 9.17) is 4.74 Å². The molecule has 4 heteroatoms. The second-order valence-corrected chi connectivity index (χ2v) is 5.39. The van der Waals surface area contributed by atoms with Crippen LogP contribution in [-0.4, -0.2) is 44.3 Å². The van der Waals surface area contributed by atoms with Crippen LogP contribution in [-0.2, 0) is 10.3 Å². The minimum absolute atomic E-state index is 0.0167. The third-order valence-corrected chi connectivity index (χ3v) is 4.41. The zero-order chi connectivity index (χ0) is 13.1. The number of halogens is 1. The van der Waals surface area contributed by atoms with Crippen LogP contribution in [0, 0.1) is 5.82 Å². The standard InChI is InChI=1S/C15H21FN2O/c16-14-3-1-2-13(12-14)15(4-6-17-7-5-15)18-8-10-19-11-9-18/h1-3,12,17H,4-11H2. The first-order valence-electron chi connectivity index (χ1n) is 7.11. The first-order valence-corrected chi connectivity index (χ1v) is 7.11. The predicted molar refractivity (Wildman–Crippen MR) is 72.6 cm³/mol. The van der Waals surface area contributed by atoms with E-state index in [1.54, 1.807) is 6.07 Å². The van der Waals surface area contributed by atoms with Gasteiger partial charge in [-0.15, -0.1) is 0 Å². The number of ether oxygens (including phenoxy) is 1. The van der Waals surface area contributed by atoms with Crippen LogP contribution in [0.15, 0.2) is 24.3 Å². The summed E-state index contributed by atoms with van der Waals surface area (Å²) in [6, 6.07) is 7.14. The maximum absolute atomic E-state index is 13.6. The van der Waals surface area contributed by atoms with E-state index in [0.29, 0.717) is 0 Å². The molecule has 1 aromatic rings. The molecule has 0 radical (unpaired) electrons. The Hall–Kier alpha value is -0.970. The number of morpholine rings is 1. The van der Waals surface area contributed by atoms with Gasteiger partial charge in [0.05, 0.1) is 13.2 Å². The van der Waals surface area contributed by atoms with Crippen LogP contribution < -0.4 is 5.32 Å². The number of hydrogen-bond acceptors (Lipinski definition) is 3. The summed E-state index contributed by atoms with van der Waals surface area (Å²) in [7, 11) is 0. The molecule has 0 amide bonds. The van der Waals surface area contributed by atoms with Crippen molar-refractivity contribution in [2.24, 2.45) is 0 Å². The lowest BCUT2D eigenvalue weighted by Crippen LogP contribution is -2.55. The molecule has 0 aliphatic carbocycles. The molecule has 3 nitrogen and oxygen atoms in total. The molecule has 2 heterocycles. The third-order valence-electron chi connectivity index (χ3n) is 4.41. The Labute approximate surface area is 113 Å². The van der Waals surface area contributed by atoms with Crippen molar-refractivity contribution in [1.29, 1.82) is 0 Å². The van der Waals surface area contributed by atoms with Gasteiger partial charge in [-0.05, 0) is 43.6 Å². The summed E-state index contributed by atoms with van der Waals surface area (Å²) in [6.07, 6.45) is 2.08. The van der Waals surface area contributed by atoms with Gasteiger partial charge >= 0.3 is 0 Å². The Morgan fingerprint density at radius 3 is 2.58 bits per heavy atom. The molecule has 2 fully saturated rings. The summed E-state index contributed by atoms with van der Waals surface area (Å²) in [5.74, 6) is -0.135. The van der Waals surface area contributed by atoms with Crippen molar-refractivity contribution in [3.63, 3.8) is 0 Å². The number of nitrogens with one attached hydrogen (secondary N) is 1. The summed E-state index contributed by atoms with van der Waals surface area (Å²) in [5, 5.41) is 3.41. The van der Waals surface area contributed by atoms with Crippen molar-refractivity contribution in [2.45, 2.75) is 18.4 Å². The molecule has 2 aliphatic heterocycles. The van der Waals surface area contributed by atoms with E-state index in [1.165, 1.54) is 6.07 Å². The molecule has 0 unspecified atom stereocenters. The Morgan fingerprint density at radius 2 is 1.89 bits per heavy atom. The lowest BCUT2D eigenvalue weighted by Gasteiger charge is -2.48. The highest BCUT2D eigenvalue weighted by molar-refractivity contribution is 5.26. The fourth-order valence-corrected chi connectivity index (χ4v) is 3.40. The van der Waals surface area contributed by atoms with Gasteiger partial charge < -0.3 is 10.1 Å². The van der Waals surface area contributed by atoms with Crippen LogP contribution in [0.1, 0.15) is 18.4 Å². The Bertz CT molecular complexity index is 426. The number of hydrogen-bond donors (Lipinski definition) is 1. The number of nitrogens with zero attached hydrogens (tertiary/aromatic N) is 1. The van der Waals surface area contributed by atoms with Crippen LogP contribution in [0.25, 0.3) is 0 Å². The Balaban J connectivity index is 1.95. The highest BCUT2D eigenvalue weighted by Crippen LogP contribution is 2.37. The van der Waals surface area contributed by atoms with E-state index < -0.39 is 0 Å². The molecule has 2 saturated heterocycles. The van der Waals surface area contributed by atoms with E-state index in [1.807, 2.05) is 6.07 Å². The van der Waals surface area contributed by atoms with Gasteiger partial charge in [0.2, 0.25) is 0 Å². The van der Waals surface area contributed by atoms with Gasteiger partial charge in [0, 0.05) is 18.6 Å². The van der Waals surface area contributed by atoms with Gasteiger partial charge in [0.15, 0.2) is 0 Å². The van der Waals surface area contributed by atoms with Crippen LogP contribution in [0.3, 0.4) is 0 Å². The maximum atomic E-state index is 13.6. The first kappa shape index (κ1) is 13.0. The summed E-state index contributed by atoms with van der Waals surface area (Å²) in [5.41, 5.74) is 1.10. The summed E-state index contributed by atoms with van der Waals surface area (Å²) >= 11 is 0. The zero-order valence-electron chi connectivity index (χ0n) is 11.2. The maximum Gasteiger partial charge on any atom is 0.123 e. The molecule has 2 aliphatic rings. The first-order chi connectivity index (χ1) is 9.31. The monoisotopic (exact) mass is 264 g/mol. The third kappa shape index (κ3) is 2.53. The Morgan fingerprint density at radius 1 is 1.16 bits per heavy atom. The van der Waals surface area contributed by atoms with Crippen LogP contribution in [0.4, 0.5) is 4.39 Å². The molecular weight excluding hydrogens is 243 g/mol. The molecule has 1 N–H and O–H groups in total. The molecule has 0 atom stereocenters. The predicted octanol–water partition coefficient (Wildman–Crippen LogP) is 1.74. The van der Waals surface area contributed by atoms with Crippen molar-refractivity contribution in [2.75, 3.05) is 39.4 Å². The minimum atomic E-state index is -0.135. The number of rotatable bonds is 2. The smallest absolute Gasteiger partial charge is 0.123 e. The van der Waals surface area contributed by atoms with Gasteiger partial charge in [-0.3, -0.25) is 4.90 Å². The molecule has 3 rings (SSSR count). The molecule has 0 aromatic heterocycles. The van der Waals surface area contributed by atoms with Crippen LogP contribution in [0.5, 0.6) is 0 Å². The molecule has 0 spiro atoms. The molecule has 104 valence electrons. The summed E-state index contributed by atoms with van der Waals surface area (Å²) in [6.45, 7) is 5.43. The van der Waals surface area contributed by atoms with E-state index in [-0.39, 0.29) is 11.4 Å². The SMILES string of the molecule is Fc1cccc(C2(N3CCOCC3)CCNCC2)c1. The molecular formula is C15H21FN2O. The van der Waals surface area contributed by atoms with E-state index >= 15 is 0 Å². The topological polar surface area (TPSA) is 24.5 Å². The second-order valence-electron chi connectivity index (χ2n) is 5.39. The minimum Gasteiger partial charge on any atom is -0.379 e. The average molecular weight is 264 g/mol. The normalized spacial score (nSPS) is 24.3. The highest BCUT2D eigenvalue weighted by atomic mass is 19.1. The fraction of sp³-hybridized carbons (Fsp3) is 0.600. The van der Waals surface area contributed by atoms with Crippen molar-refractivity contribution in [1.82, 2.24) is 10.2 Å².